The van der Waals surface area contributed by atoms with Crippen LogP contribution in [0.2, 0.25) is 0 Å². The fraction of sp³-hybridized carbons (Fsp3) is 0.148. The lowest BCUT2D eigenvalue weighted by atomic mass is 10.1. The Morgan fingerprint density at radius 2 is 1.82 bits per heavy atom. The van der Waals surface area contributed by atoms with Gasteiger partial charge in [-0.05, 0) is 55.3 Å². The minimum atomic E-state index is -0.506. The maximum atomic E-state index is 12.5. The van der Waals surface area contributed by atoms with Crippen LogP contribution in [0.5, 0.6) is 11.5 Å². The average molecular weight is 441 g/mol. The van der Waals surface area contributed by atoms with E-state index < -0.39 is 11.9 Å². The zero-order chi connectivity index (χ0) is 23.2. The second-order valence-corrected chi connectivity index (χ2v) is 7.49. The Kier molecular flexibility index (Phi) is 6.64. The van der Waals surface area contributed by atoms with Crippen molar-refractivity contribution in [2.45, 2.75) is 20.3 Å². The van der Waals surface area contributed by atoms with Crippen molar-refractivity contribution in [2.24, 2.45) is 4.99 Å². The van der Waals surface area contributed by atoms with Gasteiger partial charge >= 0.3 is 11.9 Å². The minimum Gasteiger partial charge on any atom is -0.490 e. The van der Waals surface area contributed by atoms with E-state index >= 15 is 0 Å². The normalized spacial score (nSPS) is 14.1. The molecule has 0 aromatic heterocycles. The highest BCUT2D eigenvalue weighted by molar-refractivity contribution is 6.07. The summed E-state index contributed by atoms with van der Waals surface area (Å²) in [6, 6.07) is 21.9. The molecule has 6 heteroatoms. The standard InChI is InChI=1S/C27H23NO5/c1-3-31-24-16-20(12-13-23(24)32-26(29)21-11-7-8-18(2)14-21)15-22-27(30)33-25(28-22)17-19-9-5-4-6-10-19/h4-16H,3,17H2,1-2H3/b22-15+. The van der Waals surface area contributed by atoms with Crippen molar-refractivity contribution in [3.05, 3.63) is 101 Å². The van der Waals surface area contributed by atoms with Gasteiger partial charge in [-0.25, -0.2) is 14.6 Å². The van der Waals surface area contributed by atoms with Gasteiger partial charge in [-0.3, -0.25) is 0 Å². The second kappa shape index (κ2) is 9.96. The molecule has 0 saturated carbocycles. The van der Waals surface area contributed by atoms with Gasteiger partial charge in [0.1, 0.15) is 0 Å². The molecule has 4 rings (SSSR count). The van der Waals surface area contributed by atoms with E-state index in [-0.39, 0.29) is 5.70 Å². The van der Waals surface area contributed by atoms with E-state index in [1.807, 2.05) is 50.2 Å². The summed E-state index contributed by atoms with van der Waals surface area (Å²) in [5.74, 6) is 0.0702. The molecule has 3 aromatic carbocycles. The van der Waals surface area contributed by atoms with Gasteiger partial charge in [0.25, 0.3) is 0 Å². The summed E-state index contributed by atoms with van der Waals surface area (Å²) in [6.45, 7) is 4.13. The molecule has 166 valence electrons. The highest BCUT2D eigenvalue weighted by Gasteiger charge is 2.23. The zero-order valence-corrected chi connectivity index (χ0v) is 18.4. The molecule has 6 nitrogen and oxygen atoms in total. The first kappa shape index (κ1) is 22.0. The van der Waals surface area contributed by atoms with Crippen LogP contribution in [0, 0.1) is 6.92 Å². The maximum absolute atomic E-state index is 12.5. The van der Waals surface area contributed by atoms with E-state index in [0.717, 1.165) is 11.1 Å². The first-order valence-electron chi connectivity index (χ1n) is 10.6. The summed E-state index contributed by atoms with van der Waals surface area (Å²) in [7, 11) is 0. The molecule has 1 heterocycles. The molecule has 0 amide bonds. The predicted octanol–water partition coefficient (Wildman–Crippen LogP) is 5.15. The Hall–Kier alpha value is -4.19. The lowest BCUT2D eigenvalue weighted by Crippen LogP contribution is -2.10. The number of aryl methyl sites for hydroxylation is 1. The third-order valence-electron chi connectivity index (χ3n) is 4.89. The molecule has 0 N–H and O–H groups in total. The fourth-order valence-electron chi connectivity index (χ4n) is 3.36. The van der Waals surface area contributed by atoms with Gasteiger partial charge in [-0.15, -0.1) is 0 Å². The number of carbonyl (C=O) groups is 2. The number of carbonyl (C=O) groups excluding carboxylic acids is 2. The van der Waals surface area contributed by atoms with E-state index in [4.69, 9.17) is 14.2 Å². The molecule has 1 aliphatic rings. The lowest BCUT2D eigenvalue weighted by Gasteiger charge is -2.11. The zero-order valence-electron chi connectivity index (χ0n) is 18.4. The van der Waals surface area contributed by atoms with Gasteiger partial charge in [0.05, 0.1) is 12.2 Å². The van der Waals surface area contributed by atoms with Crippen LogP contribution >= 0.6 is 0 Å². The third-order valence-corrected chi connectivity index (χ3v) is 4.89. The Morgan fingerprint density at radius 1 is 1.00 bits per heavy atom. The third kappa shape index (κ3) is 5.54. The SMILES string of the molecule is CCOc1cc(/C=C2/N=C(Cc3ccccc3)OC2=O)ccc1OC(=O)c1cccc(C)c1. The van der Waals surface area contributed by atoms with Gasteiger partial charge in [0.15, 0.2) is 17.2 Å². The molecule has 0 spiro atoms. The molecule has 0 unspecified atom stereocenters. The summed E-state index contributed by atoms with van der Waals surface area (Å²) in [5, 5.41) is 0. The van der Waals surface area contributed by atoms with Crippen molar-refractivity contribution in [3.8, 4) is 11.5 Å². The number of cyclic esters (lactones) is 1. The largest absolute Gasteiger partial charge is 0.490 e. The summed E-state index contributed by atoms with van der Waals surface area (Å²) in [5.41, 5.74) is 3.30. The Morgan fingerprint density at radius 3 is 2.58 bits per heavy atom. The molecular formula is C27H23NO5. The van der Waals surface area contributed by atoms with Crippen molar-refractivity contribution < 1.29 is 23.8 Å². The molecule has 0 bridgehead atoms. The molecule has 0 saturated heterocycles. The van der Waals surface area contributed by atoms with E-state index in [9.17, 15) is 9.59 Å². The first-order valence-corrected chi connectivity index (χ1v) is 10.6. The van der Waals surface area contributed by atoms with Crippen LogP contribution in [0.3, 0.4) is 0 Å². The lowest BCUT2D eigenvalue weighted by molar-refractivity contribution is -0.130. The summed E-state index contributed by atoms with van der Waals surface area (Å²) < 4.78 is 16.5. The number of esters is 2. The van der Waals surface area contributed by atoms with Crippen molar-refractivity contribution in [2.75, 3.05) is 6.61 Å². The Bertz CT molecular complexity index is 1240. The molecular weight excluding hydrogens is 418 g/mol. The summed E-state index contributed by atoms with van der Waals surface area (Å²) >= 11 is 0. The molecule has 33 heavy (non-hydrogen) atoms. The van der Waals surface area contributed by atoms with E-state index in [0.29, 0.717) is 41.6 Å². The summed E-state index contributed by atoms with van der Waals surface area (Å²) in [4.78, 5) is 29.2. The number of benzene rings is 3. The summed E-state index contributed by atoms with van der Waals surface area (Å²) in [6.07, 6.45) is 2.05. The average Bonchev–Trinajstić information content (AvgIpc) is 3.14. The van der Waals surface area contributed by atoms with Gasteiger partial charge in [-0.2, -0.15) is 0 Å². The highest BCUT2D eigenvalue weighted by Crippen LogP contribution is 2.31. The van der Waals surface area contributed by atoms with Crippen LogP contribution in [0.4, 0.5) is 0 Å². The van der Waals surface area contributed by atoms with Gasteiger partial charge < -0.3 is 14.2 Å². The second-order valence-electron chi connectivity index (χ2n) is 7.49. The van der Waals surface area contributed by atoms with Crippen LogP contribution in [-0.2, 0) is 16.0 Å². The van der Waals surface area contributed by atoms with E-state index in [2.05, 4.69) is 4.99 Å². The minimum absolute atomic E-state index is 0.202. The number of nitrogens with zero attached hydrogens (tertiary/aromatic N) is 1. The number of rotatable bonds is 7. The Balaban J connectivity index is 1.55. The van der Waals surface area contributed by atoms with Gasteiger partial charge in [-0.1, -0.05) is 54.1 Å². The van der Waals surface area contributed by atoms with Gasteiger partial charge in [0.2, 0.25) is 5.90 Å². The molecule has 1 aliphatic heterocycles. The fourth-order valence-corrected chi connectivity index (χ4v) is 3.36. The number of aliphatic imine (C=N–C) groups is 1. The Labute approximate surface area is 192 Å². The molecule has 0 radical (unpaired) electrons. The number of hydrogen-bond donors (Lipinski definition) is 0. The van der Waals surface area contributed by atoms with Crippen molar-refractivity contribution in [1.29, 1.82) is 0 Å². The van der Waals surface area contributed by atoms with Crippen molar-refractivity contribution in [3.63, 3.8) is 0 Å². The van der Waals surface area contributed by atoms with E-state index in [1.165, 1.54) is 0 Å². The smallest absolute Gasteiger partial charge is 0.363 e. The molecule has 0 aliphatic carbocycles. The number of ether oxygens (including phenoxy) is 3. The number of hydrogen-bond acceptors (Lipinski definition) is 6. The van der Waals surface area contributed by atoms with E-state index in [1.54, 1.807) is 42.5 Å². The van der Waals surface area contributed by atoms with Crippen molar-refractivity contribution in [1.82, 2.24) is 0 Å². The van der Waals surface area contributed by atoms with Crippen LogP contribution in [0.25, 0.3) is 6.08 Å². The maximum Gasteiger partial charge on any atom is 0.363 e. The van der Waals surface area contributed by atoms with Crippen LogP contribution in [0.15, 0.2) is 83.5 Å². The molecule has 0 atom stereocenters. The van der Waals surface area contributed by atoms with Crippen LogP contribution in [-0.4, -0.2) is 24.4 Å². The topological polar surface area (TPSA) is 74.2 Å². The van der Waals surface area contributed by atoms with Crippen LogP contribution in [0.1, 0.15) is 34.0 Å². The predicted molar refractivity (Wildman–Crippen MR) is 125 cm³/mol. The first-order chi connectivity index (χ1) is 16.0. The molecule has 3 aromatic rings. The highest BCUT2D eigenvalue weighted by atomic mass is 16.6. The monoisotopic (exact) mass is 441 g/mol. The van der Waals surface area contributed by atoms with Gasteiger partial charge in [0, 0.05) is 6.42 Å². The van der Waals surface area contributed by atoms with Crippen LogP contribution < -0.4 is 9.47 Å². The quantitative estimate of drug-likeness (QED) is 0.288. The van der Waals surface area contributed by atoms with Crippen molar-refractivity contribution >= 4 is 23.9 Å². The molecule has 0 fully saturated rings.